The van der Waals surface area contributed by atoms with Gasteiger partial charge in [0, 0.05) is 18.8 Å². The van der Waals surface area contributed by atoms with Gasteiger partial charge in [-0.1, -0.05) is 0 Å². The molecule has 0 amide bonds. The molecule has 1 aromatic carbocycles. The molecule has 1 aromatic rings. The Labute approximate surface area is 70.7 Å². The fraction of sp³-hybridized carbons (Fsp3) is 0.250. The molecule has 0 atom stereocenters. The minimum absolute atomic E-state index is 0.438. The topological polar surface area (TPSA) is 67.5 Å². The summed E-state index contributed by atoms with van der Waals surface area (Å²) in [5.74, 6) is 0. The molecule has 1 rings (SSSR count). The van der Waals surface area contributed by atoms with Crippen molar-refractivity contribution in [3.63, 3.8) is 0 Å². The Hall–Kier alpha value is -1.42. The Balaban J connectivity index is 2.58. The summed E-state index contributed by atoms with van der Waals surface area (Å²) >= 11 is 0. The van der Waals surface area contributed by atoms with E-state index in [1.165, 1.54) is 0 Å². The molecule has 0 radical (unpaired) electrons. The van der Waals surface area contributed by atoms with Gasteiger partial charge >= 0.3 is 0 Å². The summed E-state index contributed by atoms with van der Waals surface area (Å²) in [4.78, 5) is 10.0. The number of rotatable bonds is 4. The Morgan fingerprint density at radius 2 is 2.00 bits per heavy atom. The molecule has 0 aliphatic carbocycles. The van der Waals surface area contributed by atoms with Crippen molar-refractivity contribution >= 4 is 11.4 Å². The van der Waals surface area contributed by atoms with E-state index < -0.39 is 0 Å². The number of nitroso groups, excluding NO2 is 1. The smallest absolute Gasteiger partial charge is 0.108 e. The quantitative estimate of drug-likeness (QED) is 0.663. The maximum atomic E-state index is 10.0. The van der Waals surface area contributed by atoms with Gasteiger partial charge in [-0.2, -0.15) is 0 Å². The zero-order chi connectivity index (χ0) is 8.81. The van der Waals surface area contributed by atoms with Crippen LogP contribution in [0.3, 0.4) is 0 Å². The van der Waals surface area contributed by atoms with Crippen molar-refractivity contribution < 1.29 is 0 Å². The number of benzene rings is 1. The van der Waals surface area contributed by atoms with Crippen molar-refractivity contribution in [3.05, 3.63) is 29.2 Å². The zero-order valence-electron chi connectivity index (χ0n) is 6.66. The van der Waals surface area contributed by atoms with Gasteiger partial charge in [-0.3, -0.25) is 0 Å². The second-order valence-corrected chi connectivity index (χ2v) is 2.35. The van der Waals surface area contributed by atoms with E-state index in [1.807, 2.05) is 0 Å². The van der Waals surface area contributed by atoms with Crippen LogP contribution in [-0.2, 0) is 0 Å². The third kappa shape index (κ3) is 2.32. The van der Waals surface area contributed by atoms with Crippen molar-refractivity contribution in [2.45, 2.75) is 0 Å². The maximum Gasteiger partial charge on any atom is 0.108 e. The minimum Gasteiger partial charge on any atom is -0.384 e. The summed E-state index contributed by atoms with van der Waals surface area (Å²) < 4.78 is 0. The highest BCUT2D eigenvalue weighted by Crippen LogP contribution is 2.14. The van der Waals surface area contributed by atoms with Crippen LogP contribution in [0.25, 0.3) is 0 Å². The predicted molar refractivity (Wildman–Crippen MR) is 49.4 cm³/mol. The van der Waals surface area contributed by atoms with E-state index in [9.17, 15) is 4.91 Å². The van der Waals surface area contributed by atoms with Crippen LogP contribution in [0.5, 0.6) is 0 Å². The fourth-order valence-electron chi connectivity index (χ4n) is 0.857. The Kier molecular flexibility index (Phi) is 3.22. The summed E-state index contributed by atoms with van der Waals surface area (Å²) in [5, 5.41) is 5.87. The maximum absolute atomic E-state index is 10.0. The van der Waals surface area contributed by atoms with Crippen LogP contribution in [0.2, 0.25) is 0 Å². The third-order valence-corrected chi connectivity index (χ3v) is 1.45. The summed E-state index contributed by atoms with van der Waals surface area (Å²) in [7, 11) is 0. The number of nitrogens with one attached hydrogen (secondary N) is 1. The van der Waals surface area contributed by atoms with E-state index in [0.29, 0.717) is 12.2 Å². The largest absolute Gasteiger partial charge is 0.384 e. The number of nitrogens with zero attached hydrogens (tertiary/aromatic N) is 1. The minimum atomic E-state index is 0.438. The average Bonchev–Trinajstić information content (AvgIpc) is 2.15. The van der Waals surface area contributed by atoms with Crippen LogP contribution in [0, 0.1) is 4.91 Å². The molecule has 4 nitrogen and oxygen atoms in total. The van der Waals surface area contributed by atoms with E-state index in [-0.39, 0.29) is 0 Å². The second kappa shape index (κ2) is 4.46. The number of hydrogen-bond acceptors (Lipinski definition) is 4. The van der Waals surface area contributed by atoms with Crippen LogP contribution in [0.15, 0.2) is 29.4 Å². The lowest BCUT2D eigenvalue weighted by Gasteiger charge is -2.02. The standard InChI is InChI=1S/C8H11N3O/c9-5-6-10-7-1-3-8(11-12)4-2-7/h1-4,10H,5-6,9H2. The van der Waals surface area contributed by atoms with Crippen LogP contribution in [0.1, 0.15) is 0 Å². The number of nitrogens with two attached hydrogens (primary N) is 1. The van der Waals surface area contributed by atoms with Crippen molar-refractivity contribution in [2.24, 2.45) is 10.9 Å². The van der Waals surface area contributed by atoms with Gasteiger partial charge in [0.05, 0.1) is 0 Å². The lowest BCUT2D eigenvalue weighted by atomic mass is 10.3. The zero-order valence-corrected chi connectivity index (χ0v) is 6.66. The summed E-state index contributed by atoms with van der Waals surface area (Å²) in [6, 6.07) is 6.91. The van der Waals surface area contributed by atoms with Crippen LogP contribution in [-0.4, -0.2) is 13.1 Å². The molecule has 0 saturated carbocycles. The van der Waals surface area contributed by atoms with E-state index in [1.54, 1.807) is 24.3 Å². The van der Waals surface area contributed by atoms with Crippen molar-refractivity contribution in [3.8, 4) is 0 Å². The molecular formula is C8H11N3O. The van der Waals surface area contributed by atoms with Gasteiger partial charge in [0.2, 0.25) is 0 Å². The summed E-state index contributed by atoms with van der Waals surface area (Å²) in [6.45, 7) is 1.32. The van der Waals surface area contributed by atoms with Gasteiger partial charge < -0.3 is 11.1 Å². The molecule has 4 heteroatoms. The fourth-order valence-corrected chi connectivity index (χ4v) is 0.857. The normalized spacial score (nSPS) is 9.42. The Morgan fingerprint density at radius 1 is 1.33 bits per heavy atom. The van der Waals surface area contributed by atoms with Crippen LogP contribution in [0.4, 0.5) is 11.4 Å². The lowest BCUT2D eigenvalue weighted by molar-refractivity contribution is 1.02. The summed E-state index contributed by atoms with van der Waals surface area (Å²) in [5.41, 5.74) is 6.69. The molecule has 0 saturated heterocycles. The van der Waals surface area contributed by atoms with Crippen LogP contribution >= 0.6 is 0 Å². The van der Waals surface area contributed by atoms with Gasteiger partial charge in [0.1, 0.15) is 5.69 Å². The Morgan fingerprint density at radius 3 is 2.50 bits per heavy atom. The first-order chi connectivity index (χ1) is 5.86. The highest BCUT2D eigenvalue weighted by molar-refractivity contribution is 5.50. The molecule has 0 aliphatic heterocycles. The van der Waals surface area contributed by atoms with Crippen molar-refractivity contribution in [1.82, 2.24) is 0 Å². The average molecular weight is 165 g/mol. The molecular weight excluding hydrogens is 154 g/mol. The molecule has 0 heterocycles. The van der Waals surface area contributed by atoms with Gasteiger partial charge in [-0.25, -0.2) is 0 Å². The van der Waals surface area contributed by atoms with E-state index in [0.717, 1.165) is 12.2 Å². The first-order valence-corrected chi connectivity index (χ1v) is 3.74. The van der Waals surface area contributed by atoms with E-state index in [4.69, 9.17) is 5.73 Å². The Bertz CT molecular complexity index is 245. The molecule has 0 bridgehead atoms. The molecule has 12 heavy (non-hydrogen) atoms. The highest BCUT2D eigenvalue weighted by Gasteiger charge is 1.91. The number of anilines is 1. The van der Waals surface area contributed by atoms with E-state index in [2.05, 4.69) is 10.5 Å². The molecule has 0 fully saturated rings. The highest BCUT2D eigenvalue weighted by atomic mass is 16.3. The molecule has 64 valence electrons. The molecule has 0 aliphatic rings. The first-order valence-electron chi connectivity index (χ1n) is 3.74. The number of hydrogen-bond donors (Lipinski definition) is 2. The predicted octanol–water partition coefficient (Wildman–Crippen LogP) is 1.46. The molecule has 0 spiro atoms. The van der Waals surface area contributed by atoms with Crippen LogP contribution < -0.4 is 11.1 Å². The molecule has 0 aromatic heterocycles. The lowest BCUT2D eigenvalue weighted by Crippen LogP contribution is -2.12. The first kappa shape index (κ1) is 8.67. The third-order valence-electron chi connectivity index (χ3n) is 1.45. The van der Waals surface area contributed by atoms with E-state index >= 15 is 0 Å². The van der Waals surface area contributed by atoms with Gasteiger partial charge in [-0.05, 0) is 29.4 Å². The van der Waals surface area contributed by atoms with Gasteiger partial charge in [0.15, 0.2) is 0 Å². The molecule has 3 N–H and O–H groups in total. The molecule has 0 unspecified atom stereocenters. The monoisotopic (exact) mass is 165 g/mol. The van der Waals surface area contributed by atoms with Gasteiger partial charge in [0.25, 0.3) is 0 Å². The van der Waals surface area contributed by atoms with Gasteiger partial charge in [-0.15, -0.1) is 4.91 Å². The second-order valence-electron chi connectivity index (χ2n) is 2.35. The van der Waals surface area contributed by atoms with Crippen molar-refractivity contribution in [2.75, 3.05) is 18.4 Å². The summed E-state index contributed by atoms with van der Waals surface area (Å²) in [6.07, 6.45) is 0. The van der Waals surface area contributed by atoms with Crippen molar-refractivity contribution in [1.29, 1.82) is 0 Å². The SMILES string of the molecule is NCCNc1ccc(N=O)cc1.